The Kier molecular flexibility index (Phi) is 6.79. The third-order valence-electron chi connectivity index (χ3n) is 6.29. The number of rotatable bonds is 6. The van der Waals surface area contributed by atoms with Crippen LogP contribution in [0, 0.1) is 11.8 Å². The van der Waals surface area contributed by atoms with Crippen LogP contribution < -0.4 is 22.1 Å². The molecule has 7 N–H and O–H groups in total. The van der Waals surface area contributed by atoms with E-state index in [-0.39, 0.29) is 33.5 Å². The molecular formula is C23H17ClN6O9S2. The smallest absolute Gasteiger partial charge is 0.350 e. The normalized spacial score (nSPS) is 18.9. The fourth-order valence-electron chi connectivity index (χ4n) is 4.62. The summed E-state index contributed by atoms with van der Waals surface area (Å²) in [6, 6.07) is 9.18. The van der Waals surface area contributed by atoms with Crippen molar-refractivity contribution in [1.29, 1.82) is 0 Å². The first kappa shape index (κ1) is 28.1. The maximum absolute atomic E-state index is 13.5. The summed E-state index contributed by atoms with van der Waals surface area (Å²) in [5.41, 5.74) is 4.08. The van der Waals surface area contributed by atoms with E-state index in [2.05, 4.69) is 25.6 Å². The van der Waals surface area contributed by atoms with Crippen molar-refractivity contribution in [3.8, 4) is 0 Å². The molecule has 1 aromatic heterocycles. The number of aromatic amines is 1. The molecule has 41 heavy (non-hydrogen) atoms. The number of hydrogen-bond donors (Lipinski definition) is 6. The van der Waals surface area contributed by atoms with Crippen LogP contribution in [0.1, 0.15) is 20.7 Å². The van der Waals surface area contributed by atoms with Crippen molar-refractivity contribution in [3.63, 3.8) is 0 Å². The molecule has 2 aromatic carbocycles. The van der Waals surface area contributed by atoms with Crippen LogP contribution in [0.5, 0.6) is 0 Å². The van der Waals surface area contributed by atoms with Crippen LogP contribution in [0.25, 0.3) is 0 Å². The molecule has 2 unspecified atom stereocenters. The van der Waals surface area contributed by atoms with Gasteiger partial charge >= 0.3 is 5.69 Å². The van der Waals surface area contributed by atoms with Gasteiger partial charge in [-0.3, -0.25) is 23.7 Å². The molecule has 5 rings (SSSR count). The predicted octanol–water partition coefficient (Wildman–Crippen LogP) is 1.49. The lowest BCUT2D eigenvalue weighted by molar-refractivity contribution is 0.0785. The Hall–Kier alpha value is -4.42. The number of H-pyrrole nitrogens is 1. The van der Waals surface area contributed by atoms with Gasteiger partial charge in [-0.2, -0.15) is 26.8 Å². The molecule has 15 nitrogen and oxygen atoms in total. The number of fused-ring (bicyclic) bond motifs is 2. The standard InChI is InChI=1S/C23H17ClN6O9S2/c24-21-28-22(30-23(33)29-21)27-12-6-5-9(7-14(12)40(34,35)36)26-13-8-15(41(37,38)39)18(25)17-16(13)19(31)10-3-1-2-4-11(10)20(17)32/h1-8,16-17,26H,25H2,(H,34,35,36)(H,37,38,39)(H2,27,28,29,30,33). The Balaban J connectivity index is 1.61. The van der Waals surface area contributed by atoms with E-state index in [1.165, 1.54) is 30.3 Å². The molecule has 0 spiro atoms. The van der Waals surface area contributed by atoms with Crippen LogP contribution in [0.3, 0.4) is 0 Å². The summed E-state index contributed by atoms with van der Waals surface area (Å²) in [6.07, 6.45) is 0.871. The number of aromatic nitrogens is 3. The highest BCUT2D eigenvalue weighted by Gasteiger charge is 2.48. The minimum absolute atomic E-state index is 0.0174. The summed E-state index contributed by atoms with van der Waals surface area (Å²) in [7, 11) is -9.92. The fraction of sp³-hybridized carbons (Fsp3) is 0.0870. The first-order valence-corrected chi connectivity index (χ1v) is 14.6. The van der Waals surface area contributed by atoms with E-state index in [0.29, 0.717) is 0 Å². The van der Waals surface area contributed by atoms with Crippen LogP contribution in [-0.2, 0) is 20.2 Å². The van der Waals surface area contributed by atoms with Gasteiger partial charge in [0.2, 0.25) is 11.2 Å². The van der Waals surface area contributed by atoms with Crippen LogP contribution >= 0.6 is 11.6 Å². The van der Waals surface area contributed by atoms with Gasteiger partial charge in [0.1, 0.15) is 9.80 Å². The molecule has 18 heteroatoms. The maximum atomic E-state index is 13.5. The number of carbonyl (C=O) groups excluding carboxylic acids is 2. The molecule has 212 valence electrons. The topological polar surface area (TPSA) is 252 Å². The number of nitrogens with one attached hydrogen (secondary N) is 3. The van der Waals surface area contributed by atoms with Gasteiger partial charge in [-0.15, -0.1) is 0 Å². The quantitative estimate of drug-likeness (QED) is 0.214. The summed E-state index contributed by atoms with van der Waals surface area (Å²) >= 11 is 5.69. The zero-order valence-electron chi connectivity index (χ0n) is 20.2. The second kappa shape index (κ2) is 9.89. The van der Waals surface area contributed by atoms with Crippen molar-refractivity contribution in [2.45, 2.75) is 4.90 Å². The Morgan fingerprint density at radius 3 is 2.10 bits per heavy atom. The van der Waals surface area contributed by atoms with E-state index in [9.17, 15) is 40.3 Å². The molecule has 3 aromatic rings. The molecule has 0 saturated carbocycles. The highest BCUT2D eigenvalue weighted by molar-refractivity contribution is 7.90. The number of halogens is 1. The molecule has 2 aliphatic carbocycles. The van der Waals surface area contributed by atoms with Crippen LogP contribution in [-0.4, -0.2) is 52.5 Å². The molecule has 2 aliphatic rings. The van der Waals surface area contributed by atoms with Crippen molar-refractivity contribution >= 4 is 60.7 Å². The van der Waals surface area contributed by atoms with Crippen molar-refractivity contribution in [2.75, 3.05) is 10.6 Å². The molecule has 0 saturated heterocycles. The summed E-state index contributed by atoms with van der Waals surface area (Å²) in [5.74, 6) is -4.50. The molecule has 0 aliphatic heterocycles. The molecular weight excluding hydrogens is 604 g/mol. The minimum atomic E-state index is -4.97. The second-order valence-electron chi connectivity index (χ2n) is 8.83. The van der Waals surface area contributed by atoms with E-state index in [1.807, 2.05) is 0 Å². The van der Waals surface area contributed by atoms with Crippen LogP contribution in [0.2, 0.25) is 5.28 Å². The third-order valence-corrected chi connectivity index (χ3v) is 8.27. The highest BCUT2D eigenvalue weighted by Crippen LogP contribution is 2.43. The van der Waals surface area contributed by atoms with Crippen molar-refractivity contribution in [1.82, 2.24) is 15.0 Å². The molecule has 0 amide bonds. The van der Waals surface area contributed by atoms with E-state index in [4.69, 9.17) is 17.3 Å². The van der Waals surface area contributed by atoms with Gasteiger partial charge in [0.05, 0.1) is 17.5 Å². The Morgan fingerprint density at radius 2 is 1.51 bits per heavy atom. The summed E-state index contributed by atoms with van der Waals surface area (Å²) < 4.78 is 68.4. The number of anilines is 3. The van der Waals surface area contributed by atoms with Gasteiger partial charge in [0.25, 0.3) is 20.2 Å². The Labute approximate surface area is 235 Å². The zero-order valence-corrected chi connectivity index (χ0v) is 22.6. The lowest BCUT2D eigenvalue weighted by Crippen LogP contribution is -2.44. The third kappa shape index (κ3) is 5.23. The molecule has 0 radical (unpaired) electrons. The van der Waals surface area contributed by atoms with Crippen molar-refractivity contribution in [2.24, 2.45) is 17.6 Å². The maximum Gasteiger partial charge on any atom is 0.350 e. The fourth-order valence-corrected chi connectivity index (χ4v) is 6.15. The summed E-state index contributed by atoms with van der Waals surface area (Å²) in [4.78, 5) is 46.2. The lowest BCUT2D eigenvalue weighted by Gasteiger charge is -2.36. The van der Waals surface area contributed by atoms with Crippen molar-refractivity contribution < 1.29 is 35.5 Å². The second-order valence-corrected chi connectivity index (χ2v) is 12.0. The van der Waals surface area contributed by atoms with Gasteiger partial charge in [0.15, 0.2) is 11.6 Å². The molecule has 2 atom stereocenters. The van der Waals surface area contributed by atoms with Crippen LogP contribution in [0.4, 0.5) is 17.3 Å². The number of carbonyl (C=O) groups is 2. The number of allylic oxidation sites excluding steroid dienone is 3. The Bertz CT molecular complexity index is 2010. The van der Waals surface area contributed by atoms with Crippen molar-refractivity contribution in [3.05, 3.63) is 91.7 Å². The van der Waals surface area contributed by atoms with Gasteiger partial charge < -0.3 is 16.4 Å². The number of nitrogens with zero attached hydrogens (tertiary/aromatic N) is 2. The molecule has 0 bridgehead atoms. The summed E-state index contributed by atoms with van der Waals surface area (Å²) in [5, 5.41) is 4.81. The SMILES string of the molecule is NC1=C(S(=O)(=O)O)C=C(Nc2ccc(Nc3nc(Cl)[nH]c(=O)n3)c(S(=O)(=O)O)c2)C2C(=O)c3ccccc3C(=O)C12. The number of Topliss-reactive ketones (excluding diaryl/α,β-unsaturated/α-hetero) is 2. The number of nitrogens with two attached hydrogens (primary N) is 1. The van der Waals surface area contributed by atoms with Gasteiger partial charge in [0, 0.05) is 28.2 Å². The van der Waals surface area contributed by atoms with E-state index >= 15 is 0 Å². The lowest BCUT2D eigenvalue weighted by atomic mass is 9.69. The largest absolute Gasteiger partial charge is 0.400 e. The van der Waals surface area contributed by atoms with E-state index in [1.54, 1.807) is 0 Å². The van der Waals surface area contributed by atoms with Gasteiger partial charge in [-0.1, -0.05) is 24.3 Å². The van der Waals surface area contributed by atoms with E-state index < -0.39 is 70.8 Å². The van der Waals surface area contributed by atoms with E-state index in [0.717, 1.165) is 18.2 Å². The average molecular weight is 621 g/mol. The van der Waals surface area contributed by atoms with Crippen LogP contribution in [0.15, 0.2) is 74.5 Å². The predicted molar refractivity (Wildman–Crippen MR) is 144 cm³/mol. The first-order chi connectivity index (χ1) is 19.1. The Morgan fingerprint density at radius 1 is 0.878 bits per heavy atom. The summed E-state index contributed by atoms with van der Waals surface area (Å²) in [6.45, 7) is 0. The first-order valence-electron chi connectivity index (χ1n) is 11.3. The number of hydrogen-bond acceptors (Lipinski definition) is 12. The average Bonchev–Trinajstić information content (AvgIpc) is 2.87. The molecule has 1 heterocycles. The number of benzene rings is 2. The van der Waals surface area contributed by atoms with Gasteiger partial charge in [-0.25, -0.2) is 4.79 Å². The minimum Gasteiger partial charge on any atom is -0.400 e. The molecule has 0 fully saturated rings. The monoisotopic (exact) mass is 620 g/mol. The zero-order chi connectivity index (χ0) is 29.9. The highest BCUT2D eigenvalue weighted by atomic mass is 35.5. The number of ketones is 2. The van der Waals surface area contributed by atoms with Gasteiger partial charge in [-0.05, 0) is 35.9 Å².